The van der Waals surface area contributed by atoms with Crippen LogP contribution in [-0.2, 0) is 19.5 Å². The minimum atomic E-state index is 0.695. The number of rotatable bonds is 3. The van der Waals surface area contributed by atoms with Gasteiger partial charge in [0.15, 0.2) is 5.82 Å². The maximum atomic E-state index is 5.80. The van der Waals surface area contributed by atoms with E-state index in [1.54, 1.807) is 12.4 Å². The van der Waals surface area contributed by atoms with E-state index in [1.807, 2.05) is 13.1 Å². The Morgan fingerprint density at radius 3 is 2.75 bits per heavy atom. The van der Waals surface area contributed by atoms with Gasteiger partial charge in [-0.25, -0.2) is 19.9 Å². The van der Waals surface area contributed by atoms with Gasteiger partial charge in [-0.15, -0.1) is 0 Å². The summed E-state index contributed by atoms with van der Waals surface area (Å²) >= 11 is 0. The summed E-state index contributed by atoms with van der Waals surface area (Å²) in [6.07, 6.45) is 7.83. The summed E-state index contributed by atoms with van der Waals surface area (Å²) in [6, 6.07) is 2.12. The molecule has 6 heteroatoms. The van der Waals surface area contributed by atoms with E-state index in [0.29, 0.717) is 5.82 Å². The van der Waals surface area contributed by atoms with E-state index >= 15 is 0 Å². The van der Waals surface area contributed by atoms with E-state index in [0.717, 1.165) is 48.8 Å². The third kappa shape index (κ3) is 2.92. The molecule has 4 rings (SSSR count). The highest BCUT2D eigenvalue weighted by molar-refractivity contribution is 5.52. The fourth-order valence-electron chi connectivity index (χ4n) is 3.01. The molecule has 4 heterocycles. The first-order valence-electron chi connectivity index (χ1n) is 8.07. The van der Waals surface area contributed by atoms with Gasteiger partial charge in [0.25, 0.3) is 0 Å². The van der Waals surface area contributed by atoms with Crippen molar-refractivity contribution in [2.45, 2.75) is 33.4 Å². The van der Waals surface area contributed by atoms with Crippen LogP contribution in [0.2, 0.25) is 0 Å². The quantitative estimate of drug-likeness (QED) is 0.739. The van der Waals surface area contributed by atoms with Gasteiger partial charge in [-0.2, -0.15) is 0 Å². The fraction of sp³-hybridized carbons (Fsp3) is 0.333. The summed E-state index contributed by atoms with van der Waals surface area (Å²) in [6.45, 7) is 6.72. The maximum Gasteiger partial charge on any atom is 0.162 e. The molecule has 0 spiro atoms. The molecule has 0 aromatic carbocycles. The summed E-state index contributed by atoms with van der Waals surface area (Å²) in [4.78, 5) is 19.6. The van der Waals surface area contributed by atoms with E-state index in [1.165, 1.54) is 17.5 Å². The third-order valence-corrected chi connectivity index (χ3v) is 4.43. The van der Waals surface area contributed by atoms with E-state index in [2.05, 4.69) is 32.8 Å². The van der Waals surface area contributed by atoms with Crippen LogP contribution >= 0.6 is 0 Å². The zero-order chi connectivity index (χ0) is 16.5. The highest BCUT2D eigenvalue weighted by Crippen LogP contribution is 2.22. The third-order valence-electron chi connectivity index (χ3n) is 4.43. The SMILES string of the molecule is Cc1cc(CN2CCc3nc(-c4cncnc4)ncc3C2)oc1C. The Morgan fingerprint density at radius 1 is 1.17 bits per heavy atom. The van der Waals surface area contributed by atoms with Gasteiger partial charge in [-0.1, -0.05) is 0 Å². The van der Waals surface area contributed by atoms with Crippen LogP contribution in [0.25, 0.3) is 11.4 Å². The van der Waals surface area contributed by atoms with Gasteiger partial charge >= 0.3 is 0 Å². The van der Waals surface area contributed by atoms with Gasteiger partial charge in [-0.05, 0) is 25.5 Å². The molecule has 122 valence electrons. The molecule has 3 aromatic heterocycles. The monoisotopic (exact) mass is 321 g/mol. The molecule has 6 nitrogen and oxygen atoms in total. The number of aromatic nitrogens is 4. The molecular weight excluding hydrogens is 302 g/mol. The Kier molecular flexibility index (Phi) is 3.82. The van der Waals surface area contributed by atoms with Crippen LogP contribution in [-0.4, -0.2) is 31.4 Å². The van der Waals surface area contributed by atoms with Crippen LogP contribution in [0.4, 0.5) is 0 Å². The molecule has 0 amide bonds. The van der Waals surface area contributed by atoms with E-state index < -0.39 is 0 Å². The van der Waals surface area contributed by atoms with Crippen LogP contribution < -0.4 is 0 Å². The highest BCUT2D eigenvalue weighted by Gasteiger charge is 2.20. The zero-order valence-corrected chi connectivity index (χ0v) is 13.9. The van der Waals surface area contributed by atoms with Crippen LogP contribution in [0.3, 0.4) is 0 Å². The molecule has 0 N–H and O–H groups in total. The van der Waals surface area contributed by atoms with Crippen molar-refractivity contribution in [2.24, 2.45) is 0 Å². The standard InChI is InChI=1S/C18H19N5O/c1-12-5-16(24-13(12)2)10-23-4-3-17-15(9-23)8-21-18(22-17)14-6-19-11-20-7-14/h5-8,11H,3-4,9-10H2,1-2H3. The summed E-state index contributed by atoms with van der Waals surface area (Å²) in [7, 11) is 0. The number of fused-ring (bicyclic) bond motifs is 1. The van der Waals surface area contributed by atoms with Crippen molar-refractivity contribution in [3.63, 3.8) is 0 Å². The van der Waals surface area contributed by atoms with Crippen molar-refractivity contribution in [3.05, 3.63) is 59.3 Å². The van der Waals surface area contributed by atoms with Crippen molar-refractivity contribution in [1.29, 1.82) is 0 Å². The molecule has 1 aliphatic rings. The summed E-state index contributed by atoms with van der Waals surface area (Å²) in [5.74, 6) is 2.72. The zero-order valence-electron chi connectivity index (χ0n) is 13.9. The van der Waals surface area contributed by atoms with E-state index in [-0.39, 0.29) is 0 Å². The number of aryl methyl sites for hydroxylation is 2. The maximum absolute atomic E-state index is 5.80. The molecule has 0 bridgehead atoms. The number of furan rings is 1. The van der Waals surface area contributed by atoms with Crippen LogP contribution in [0.1, 0.15) is 28.3 Å². The van der Waals surface area contributed by atoms with Gasteiger partial charge in [0.1, 0.15) is 17.8 Å². The second-order valence-corrected chi connectivity index (χ2v) is 6.21. The predicted molar refractivity (Wildman–Crippen MR) is 89.1 cm³/mol. The van der Waals surface area contributed by atoms with Gasteiger partial charge in [0.05, 0.1) is 17.8 Å². The number of nitrogens with zero attached hydrogens (tertiary/aromatic N) is 5. The average Bonchev–Trinajstić information content (AvgIpc) is 2.92. The van der Waals surface area contributed by atoms with Gasteiger partial charge in [0, 0.05) is 43.7 Å². The molecule has 0 atom stereocenters. The van der Waals surface area contributed by atoms with Gasteiger partial charge < -0.3 is 4.42 Å². The van der Waals surface area contributed by atoms with E-state index in [9.17, 15) is 0 Å². The van der Waals surface area contributed by atoms with Crippen molar-refractivity contribution in [3.8, 4) is 11.4 Å². The second kappa shape index (κ2) is 6.13. The topological polar surface area (TPSA) is 67.9 Å². The molecule has 1 aliphatic heterocycles. The highest BCUT2D eigenvalue weighted by atomic mass is 16.3. The lowest BCUT2D eigenvalue weighted by Gasteiger charge is -2.27. The summed E-state index contributed by atoms with van der Waals surface area (Å²) in [5.41, 5.74) is 4.36. The average molecular weight is 321 g/mol. The lowest BCUT2D eigenvalue weighted by molar-refractivity contribution is 0.222. The lowest BCUT2D eigenvalue weighted by atomic mass is 10.1. The molecule has 0 saturated heterocycles. The van der Waals surface area contributed by atoms with Crippen molar-refractivity contribution in [2.75, 3.05) is 6.54 Å². The normalized spacial score (nSPS) is 14.6. The fourth-order valence-corrected chi connectivity index (χ4v) is 3.01. The smallest absolute Gasteiger partial charge is 0.162 e. The van der Waals surface area contributed by atoms with Crippen LogP contribution in [0, 0.1) is 13.8 Å². The van der Waals surface area contributed by atoms with Crippen molar-refractivity contribution < 1.29 is 4.42 Å². The van der Waals surface area contributed by atoms with Crippen LogP contribution in [0.5, 0.6) is 0 Å². The lowest BCUT2D eigenvalue weighted by Crippen LogP contribution is -2.30. The Hall–Kier alpha value is -2.60. The molecule has 0 saturated carbocycles. The minimum Gasteiger partial charge on any atom is -0.465 e. The molecule has 0 radical (unpaired) electrons. The Bertz CT molecular complexity index is 840. The molecule has 0 unspecified atom stereocenters. The van der Waals surface area contributed by atoms with E-state index in [4.69, 9.17) is 9.40 Å². The predicted octanol–water partition coefficient (Wildman–Crippen LogP) is 2.70. The Morgan fingerprint density at radius 2 is 2.00 bits per heavy atom. The molecule has 24 heavy (non-hydrogen) atoms. The second-order valence-electron chi connectivity index (χ2n) is 6.21. The van der Waals surface area contributed by atoms with Gasteiger partial charge in [0.2, 0.25) is 0 Å². The van der Waals surface area contributed by atoms with Gasteiger partial charge in [-0.3, -0.25) is 4.90 Å². The first kappa shape index (κ1) is 15.0. The Labute approximate surface area is 140 Å². The first-order valence-corrected chi connectivity index (χ1v) is 8.07. The minimum absolute atomic E-state index is 0.695. The Balaban J connectivity index is 1.51. The molecule has 0 aliphatic carbocycles. The largest absolute Gasteiger partial charge is 0.465 e. The summed E-state index contributed by atoms with van der Waals surface area (Å²) in [5, 5.41) is 0. The summed E-state index contributed by atoms with van der Waals surface area (Å²) < 4.78 is 5.80. The number of hydrogen-bond donors (Lipinski definition) is 0. The molecule has 3 aromatic rings. The first-order chi connectivity index (χ1) is 11.7. The van der Waals surface area contributed by atoms with Crippen molar-refractivity contribution >= 4 is 0 Å². The van der Waals surface area contributed by atoms with Crippen molar-refractivity contribution in [1.82, 2.24) is 24.8 Å². The molecular formula is C18H19N5O. The molecule has 0 fully saturated rings. The van der Waals surface area contributed by atoms with Crippen LogP contribution in [0.15, 0.2) is 35.4 Å². The number of hydrogen-bond acceptors (Lipinski definition) is 6.